The van der Waals surface area contributed by atoms with Crippen LogP contribution in [0.3, 0.4) is 0 Å². The molecule has 1 heterocycles. The lowest BCUT2D eigenvalue weighted by Gasteiger charge is -2.33. The average molecular weight is 288 g/mol. The molecule has 1 aliphatic heterocycles. The van der Waals surface area contributed by atoms with Crippen molar-refractivity contribution >= 4 is 18.0 Å². The van der Waals surface area contributed by atoms with E-state index in [9.17, 15) is 14.4 Å². The van der Waals surface area contributed by atoms with Crippen molar-refractivity contribution in [3.63, 3.8) is 0 Å². The van der Waals surface area contributed by atoms with Gasteiger partial charge in [0.15, 0.2) is 0 Å². The molecule has 8 heteroatoms. The van der Waals surface area contributed by atoms with E-state index in [0.29, 0.717) is 19.7 Å². The van der Waals surface area contributed by atoms with E-state index < -0.39 is 30.4 Å². The smallest absolute Gasteiger partial charge is 0.326 e. The molecule has 0 aromatic carbocycles. The fraction of sp³-hybridized carbons (Fsp3) is 0.750. The van der Waals surface area contributed by atoms with Crippen molar-refractivity contribution in [2.75, 3.05) is 26.8 Å². The number of nitrogens with zero attached hydrogens (tertiary/aromatic N) is 1. The van der Waals surface area contributed by atoms with Crippen molar-refractivity contribution in [2.45, 2.75) is 25.3 Å². The molecule has 0 saturated carbocycles. The van der Waals surface area contributed by atoms with Crippen LogP contribution in [-0.2, 0) is 14.3 Å². The number of likely N-dealkylation sites (tertiary alicyclic amines) is 1. The Morgan fingerprint density at radius 3 is 2.65 bits per heavy atom. The zero-order chi connectivity index (χ0) is 15.1. The van der Waals surface area contributed by atoms with Gasteiger partial charge in [0.2, 0.25) is 0 Å². The molecule has 3 N–H and O–H groups in total. The van der Waals surface area contributed by atoms with Crippen molar-refractivity contribution in [1.82, 2.24) is 10.2 Å². The summed E-state index contributed by atoms with van der Waals surface area (Å²) in [5.41, 5.74) is 0. The Morgan fingerprint density at radius 2 is 2.10 bits per heavy atom. The van der Waals surface area contributed by atoms with Gasteiger partial charge in [0, 0.05) is 26.1 Å². The highest BCUT2D eigenvalue weighted by atomic mass is 16.5. The molecule has 0 aliphatic carbocycles. The lowest BCUT2D eigenvalue weighted by Crippen LogP contribution is -2.51. The first kappa shape index (κ1) is 16.2. The van der Waals surface area contributed by atoms with Gasteiger partial charge in [-0.2, -0.15) is 0 Å². The van der Waals surface area contributed by atoms with E-state index in [-0.39, 0.29) is 5.92 Å². The summed E-state index contributed by atoms with van der Waals surface area (Å²) in [6.07, 6.45) is 1.13. The third-order valence-corrected chi connectivity index (χ3v) is 3.18. The maximum absolute atomic E-state index is 12.0. The van der Waals surface area contributed by atoms with Crippen LogP contribution in [0.4, 0.5) is 4.79 Å². The van der Waals surface area contributed by atoms with E-state index in [2.05, 4.69) is 5.32 Å². The minimum Gasteiger partial charge on any atom is -0.481 e. The summed E-state index contributed by atoms with van der Waals surface area (Å²) < 4.78 is 5.05. The lowest BCUT2D eigenvalue weighted by molar-refractivity contribution is -0.145. The van der Waals surface area contributed by atoms with Crippen molar-refractivity contribution in [3.05, 3.63) is 0 Å². The SMILES string of the molecule is COCC1CCCN(C(=O)N[C@@H](CC(=O)O)C(=O)O)C1. The molecule has 2 atom stereocenters. The number of amides is 2. The zero-order valence-electron chi connectivity index (χ0n) is 11.4. The Labute approximate surface area is 116 Å². The number of methoxy groups -OCH3 is 1. The van der Waals surface area contributed by atoms with Crippen LogP contribution in [-0.4, -0.2) is 65.9 Å². The van der Waals surface area contributed by atoms with Crippen LogP contribution in [0.1, 0.15) is 19.3 Å². The summed E-state index contributed by atoms with van der Waals surface area (Å²) in [6, 6.07) is -1.96. The second-order valence-corrected chi connectivity index (χ2v) is 4.85. The first-order valence-electron chi connectivity index (χ1n) is 6.43. The van der Waals surface area contributed by atoms with E-state index in [1.807, 2.05) is 0 Å². The van der Waals surface area contributed by atoms with Crippen molar-refractivity contribution < 1.29 is 29.3 Å². The van der Waals surface area contributed by atoms with Crippen LogP contribution < -0.4 is 5.32 Å². The van der Waals surface area contributed by atoms with E-state index in [0.717, 1.165) is 12.8 Å². The number of aliphatic carboxylic acids is 2. The monoisotopic (exact) mass is 288 g/mol. The van der Waals surface area contributed by atoms with Gasteiger partial charge in [-0.15, -0.1) is 0 Å². The number of nitrogens with one attached hydrogen (secondary N) is 1. The fourth-order valence-corrected chi connectivity index (χ4v) is 2.24. The Kier molecular flexibility index (Phi) is 6.23. The molecule has 2 amide bonds. The van der Waals surface area contributed by atoms with E-state index in [1.54, 1.807) is 7.11 Å². The molecule has 0 bridgehead atoms. The molecule has 114 valence electrons. The molecule has 0 spiro atoms. The number of piperidine rings is 1. The summed E-state index contributed by atoms with van der Waals surface area (Å²) >= 11 is 0. The number of carbonyl (C=O) groups is 3. The van der Waals surface area contributed by atoms with Crippen LogP contribution in [0.25, 0.3) is 0 Å². The van der Waals surface area contributed by atoms with Crippen LogP contribution in [0.2, 0.25) is 0 Å². The summed E-state index contributed by atoms with van der Waals surface area (Å²) in [5, 5.41) is 19.8. The summed E-state index contributed by atoms with van der Waals surface area (Å²) in [6.45, 7) is 1.56. The predicted octanol–water partition coefficient (Wildman–Crippen LogP) is -0.0177. The van der Waals surface area contributed by atoms with Crippen LogP contribution in [0.5, 0.6) is 0 Å². The predicted molar refractivity (Wildman–Crippen MR) is 68.4 cm³/mol. The molecule has 0 aromatic heterocycles. The largest absolute Gasteiger partial charge is 0.481 e. The maximum atomic E-state index is 12.0. The topological polar surface area (TPSA) is 116 Å². The molecule has 8 nitrogen and oxygen atoms in total. The Balaban J connectivity index is 2.55. The Hall–Kier alpha value is -1.83. The second kappa shape index (κ2) is 7.68. The van der Waals surface area contributed by atoms with Crippen molar-refractivity contribution in [2.24, 2.45) is 5.92 Å². The molecule has 1 aliphatic rings. The van der Waals surface area contributed by atoms with Crippen LogP contribution in [0.15, 0.2) is 0 Å². The highest BCUT2D eigenvalue weighted by Crippen LogP contribution is 2.16. The summed E-state index contributed by atoms with van der Waals surface area (Å²) in [5.74, 6) is -2.40. The number of carbonyl (C=O) groups excluding carboxylic acids is 1. The first-order chi connectivity index (χ1) is 9.43. The Bertz CT molecular complexity index is 371. The zero-order valence-corrected chi connectivity index (χ0v) is 11.4. The molecule has 1 unspecified atom stereocenters. The molecule has 0 aromatic rings. The van der Waals surface area contributed by atoms with Crippen molar-refractivity contribution in [1.29, 1.82) is 0 Å². The number of carboxylic acids is 2. The number of hydrogen-bond donors (Lipinski definition) is 3. The van der Waals surface area contributed by atoms with Gasteiger partial charge in [0.25, 0.3) is 0 Å². The Morgan fingerprint density at radius 1 is 1.40 bits per heavy atom. The average Bonchev–Trinajstić information content (AvgIpc) is 2.38. The highest BCUT2D eigenvalue weighted by Gasteiger charge is 2.28. The molecule has 1 rings (SSSR count). The molecule has 0 radical (unpaired) electrons. The second-order valence-electron chi connectivity index (χ2n) is 4.85. The number of ether oxygens (including phenoxy) is 1. The van der Waals surface area contributed by atoms with Gasteiger partial charge in [-0.05, 0) is 12.8 Å². The number of urea groups is 1. The lowest BCUT2D eigenvalue weighted by atomic mass is 9.99. The highest BCUT2D eigenvalue weighted by molar-refractivity contribution is 5.86. The van der Waals surface area contributed by atoms with Gasteiger partial charge in [-0.3, -0.25) is 4.79 Å². The minimum absolute atomic E-state index is 0.224. The molecule has 20 heavy (non-hydrogen) atoms. The third kappa shape index (κ3) is 5.04. The quantitative estimate of drug-likeness (QED) is 0.632. The van der Waals surface area contributed by atoms with Gasteiger partial charge in [0.1, 0.15) is 6.04 Å². The van der Waals surface area contributed by atoms with Gasteiger partial charge in [-0.1, -0.05) is 0 Å². The molecular weight excluding hydrogens is 268 g/mol. The molecular formula is C12H20N2O6. The molecule has 1 saturated heterocycles. The number of hydrogen-bond acceptors (Lipinski definition) is 4. The third-order valence-electron chi connectivity index (χ3n) is 3.18. The van der Waals surface area contributed by atoms with E-state index >= 15 is 0 Å². The van der Waals surface area contributed by atoms with Gasteiger partial charge in [0.05, 0.1) is 13.0 Å². The van der Waals surface area contributed by atoms with Gasteiger partial charge in [-0.25, -0.2) is 9.59 Å². The molecule has 1 fully saturated rings. The standard InChI is InChI=1S/C12H20N2O6/c1-20-7-8-3-2-4-14(6-8)12(19)13-9(11(17)18)5-10(15)16/h8-9H,2-7H2,1H3,(H,13,19)(H,15,16)(H,17,18)/t8?,9-/m0/s1. The van der Waals surface area contributed by atoms with Crippen LogP contribution >= 0.6 is 0 Å². The normalized spacial score (nSPS) is 20.2. The maximum Gasteiger partial charge on any atom is 0.326 e. The number of carboxylic acid groups (broad SMARTS) is 2. The van der Waals surface area contributed by atoms with E-state index in [4.69, 9.17) is 14.9 Å². The van der Waals surface area contributed by atoms with Gasteiger partial charge >= 0.3 is 18.0 Å². The summed E-state index contributed by atoms with van der Waals surface area (Å²) in [4.78, 5) is 34.9. The van der Waals surface area contributed by atoms with E-state index in [1.165, 1.54) is 4.90 Å². The summed E-state index contributed by atoms with van der Waals surface area (Å²) in [7, 11) is 1.59. The number of rotatable bonds is 6. The first-order valence-corrected chi connectivity index (χ1v) is 6.43. The van der Waals surface area contributed by atoms with Crippen molar-refractivity contribution in [3.8, 4) is 0 Å². The fourth-order valence-electron chi connectivity index (χ4n) is 2.24. The minimum atomic E-state index is -1.41. The van der Waals surface area contributed by atoms with Gasteiger partial charge < -0.3 is 25.2 Å². The van der Waals surface area contributed by atoms with Crippen LogP contribution in [0, 0.1) is 5.92 Å².